The quantitative estimate of drug-likeness (QED) is 0.181. The van der Waals surface area contributed by atoms with Crippen molar-refractivity contribution in [3.05, 3.63) is 162 Å². The van der Waals surface area contributed by atoms with Gasteiger partial charge in [-0.1, -0.05) is 131 Å². The van der Waals surface area contributed by atoms with Crippen LogP contribution in [0.2, 0.25) is 0 Å². The second-order valence-corrected chi connectivity index (χ2v) is 19.5. The Hall–Kier alpha value is -6.56. The van der Waals surface area contributed by atoms with Crippen LogP contribution in [0.5, 0.6) is 0 Å². The van der Waals surface area contributed by atoms with Gasteiger partial charge in [-0.15, -0.1) is 11.3 Å². The molecule has 1 aliphatic carbocycles. The average Bonchev–Trinajstić information content (AvgIpc) is 3.96. The second-order valence-electron chi connectivity index (χ2n) is 18.4. The Morgan fingerprint density at radius 2 is 1.37 bits per heavy atom. The molecule has 0 unspecified atom stereocenters. The van der Waals surface area contributed by atoms with Crippen LogP contribution in [0.3, 0.4) is 0 Å². The molecule has 1 aliphatic heterocycles. The molecule has 0 bridgehead atoms. The number of fused-ring (bicyclic) bond motifs is 14. The van der Waals surface area contributed by atoms with Gasteiger partial charge < -0.3 is 14.3 Å². The van der Waals surface area contributed by atoms with Crippen LogP contribution in [0.4, 0.5) is 11.4 Å². The summed E-state index contributed by atoms with van der Waals surface area (Å²) >= 11 is 1.89. The number of rotatable bonds is 3. The highest BCUT2D eigenvalue weighted by Crippen LogP contribution is 2.50. The van der Waals surface area contributed by atoms with Crippen molar-refractivity contribution in [1.82, 2.24) is 4.57 Å². The standard InChI is InChI=1S/C55H40BN2OS/c1-54(2,3)30-18-20-31(21-19-30)57-45-28-49-40(33-13-7-10-16-48(33)59-49)24-38(45)35-22-23-36-39-25-41-34-14-8-11-17-50(34)60-51(41)29-46(39)58-47-27-43-37(26-44(47)56-52(35)53(36)58)32-12-6-9-15-42(32)55(43,4)5/h6-29,57H,1-5H3. The molecule has 8 aromatic carbocycles. The van der Waals surface area contributed by atoms with E-state index in [0.29, 0.717) is 0 Å². The summed E-state index contributed by atoms with van der Waals surface area (Å²) in [6.07, 6.45) is 0. The summed E-state index contributed by atoms with van der Waals surface area (Å²) < 4.78 is 11.8. The third-order valence-corrected chi connectivity index (χ3v) is 14.7. The van der Waals surface area contributed by atoms with Gasteiger partial charge in [-0.2, -0.15) is 0 Å². The van der Waals surface area contributed by atoms with E-state index in [1.54, 1.807) is 0 Å². The second kappa shape index (κ2) is 11.8. The molecule has 4 heterocycles. The highest BCUT2D eigenvalue weighted by atomic mass is 32.1. The lowest BCUT2D eigenvalue weighted by molar-refractivity contribution is 0.590. The third-order valence-electron chi connectivity index (χ3n) is 13.6. The van der Waals surface area contributed by atoms with Crippen molar-refractivity contribution in [1.29, 1.82) is 0 Å². The zero-order valence-electron chi connectivity index (χ0n) is 34.2. The summed E-state index contributed by atoms with van der Waals surface area (Å²) in [7, 11) is 2.47. The molecule has 11 aromatic rings. The van der Waals surface area contributed by atoms with Gasteiger partial charge in [-0.25, -0.2) is 0 Å². The van der Waals surface area contributed by atoms with Crippen LogP contribution in [-0.2, 0) is 10.8 Å². The SMILES string of the molecule is CC(C)(C)c1ccc(Nc2cc3oc4ccccc4c3cc2-c2ccc3c4cc5c(cc4n4c3c2[B]c2cc3c(cc2-4)C(C)(C)c2ccccc2-3)sc2ccccc25)cc1. The summed E-state index contributed by atoms with van der Waals surface area (Å²) in [6, 6.07) is 54.3. The van der Waals surface area contributed by atoms with E-state index in [4.69, 9.17) is 4.42 Å². The smallest absolute Gasteiger partial charge is 0.197 e. The maximum atomic E-state index is 6.53. The number of hydrogen-bond donors (Lipinski definition) is 1. The summed E-state index contributed by atoms with van der Waals surface area (Å²) in [5.74, 6) is 0. The monoisotopic (exact) mass is 787 g/mol. The van der Waals surface area contributed by atoms with Crippen LogP contribution in [0.1, 0.15) is 51.3 Å². The number of furan rings is 1. The van der Waals surface area contributed by atoms with Crippen LogP contribution < -0.4 is 16.2 Å². The number of hydrogen-bond acceptors (Lipinski definition) is 3. The van der Waals surface area contributed by atoms with Crippen LogP contribution in [-0.4, -0.2) is 11.8 Å². The fourth-order valence-corrected chi connectivity index (χ4v) is 11.6. The van der Waals surface area contributed by atoms with Crippen molar-refractivity contribution >= 4 is 105 Å². The number of thiophene rings is 1. The Bertz CT molecular complexity index is 3670. The first-order valence-electron chi connectivity index (χ1n) is 21.0. The molecule has 1 radical (unpaired) electrons. The minimum absolute atomic E-state index is 0.0691. The summed E-state index contributed by atoms with van der Waals surface area (Å²) in [6.45, 7) is 11.6. The molecule has 1 N–H and O–H groups in total. The molecule has 2 aliphatic rings. The minimum atomic E-state index is -0.113. The van der Waals surface area contributed by atoms with Crippen molar-refractivity contribution < 1.29 is 4.42 Å². The topological polar surface area (TPSA) is 30.1 Å². The molecule has 0 fully saturated rings. The Balaban J connectivity index is 1.11. The van der Waals surface area contributed by atoms with E-state index in [9.17, 15) is 0 Å². The van der Waals surface area contributed by atoms with Crippen LogP contribution >= 0.6 is 11.3 Å². The van der Waals surface area contributed by atoms with Gasteiger partial charge in [0.05, 0.1) is 11.2 Å². The molecule has 0 saturated carbocycles. The first-order valence-corrected chi connectivity index (χ1v) is 21.8. The van der Waals surface area contributed by atoms with Crippen molar-refractivity contribution in [2.24, 2.45) is 0 Å². The van der Waals surface area contributed by atoms with Gasteiger partial charge in [0.25, 0.3) is 0 Å². The highest BCUT2D eigenvalue weighted by Gasteiger charge is 2.38. The molecule has 3 aromatic heterocycles. The van der Waals surface area contributed by atoms with E-state index in [1.807, 2.05) is 17.4 Å². The lowest BCUT2D eigenvalue weighted by atomic mass is 9.58. The summed E-state index contributed by atoms with van der Waals surface area (Å²) in [4.78, 5) is 0. The Labute approximate surface area is 353 Å². The lowest BCUT2D eigenvalue weighted by Crippen LogP contribution is -2.37. The maximum Gasteiger partial charge on any atom is 0.197 e. The molecule has 285 valence electrons. The van der Waals surface area contributed by atoms with E-state index >= 15 is 0 Å². The molecule has 0 saturated heterocycles. The number of nitrogens with zero attached hydrogens (tertiary/aromatic N) is 1. The number of aromatic nitrogens is 1. The van der Waals surface area contributed by atoms with Gasteiger partial charge >= 0.3 is 0 Å². The van der Waals surface area contributed by atoms with Gasteiger partial charge in [0, 0.05) is 75.7 Å². The van der Waals surface area contributed by atoms with E-state index in [0.717, 1.165) is 38.9 Å². The zero-order valence-corrected chi connectivity index (χ0v) is 35.0. The summed E-state index contributed by atoms with van der Waals surface area (Å²) in [5.41, 5.74) is 19.1. The molecular weight excluding hydrogens is 747 g/mol. The molecule has 0 amide bonds. The number of anilines is 2. The normalized spacial score (nSPS) is 14.0. The van der Waals surface area contributed by atoms with Gasteiger partial charge in [0.2, 0.25) is 0 Å². The van der Waals surface area contributed by atoms with Gasteiger partial charge in [-0.05, 0) is 92.8 Å². The summed E-state index contributed by atoms with van der Waals surface area (Å²) in [5, 5.41) is 11.3. The van der Waals surface area contributed by atoms with E-state index < -0.39 is 0 Å². The average molecular weight is 788 g/mol. The van der Waals surface area contributed by atoms with Gasteiger partial charge in [-0.3, -0.25) is 0 Å². The Morgan fingerprint density at radius 1 is 0.583 bits per heavy atom. The van der Waals surface area contributed by atoms with E-state index in [2.05, 4.69) is 191 Å². The van der Waals surface area contributed by atoms with Crippen LogP contribution in [0.25, 0.3) is 91.9 Å². The predicted molar refractivity (Wildman–Crippen MR) is 257 cm³/mol. The molecule has 13 rings (SSSR count). The van der Waals surface area contributed by atoms with Crippen LogP contribution in [0.15, 0.2) is 150 Å². The van der Waals surface area contributed by atoms with Crippen molar-refractivity contribution in [3.63, 3.8) is 0 Å². The maximum absolute atomic E-state index is 6.53. The largest absolute Gasteiger partial charge is 0.456 e. The molecule has 60 heavy (non-hydrogen) atoms. The molecule has 5 heteroatoms. The first-order chi connectivity index (χ1) is 29.1. The molecule has 3 nitrogen and oxygen atoms in total. The van der Waals surface area contributed by atoms with Gasteiger partial charge in [0.1, 0.15) is 11.2 Å². The predicted octanol–water partition coefficient (Wildman–Crippen LogP) is 14.0. The molecule has 0 spiro atoms. The fourth-order valence-electron chi connectivity index (χ4n) is 10.5. The zero-order chi connectivity index (χ0) is 40.2. The first kappa shape index (κ1) is 34.3. The van der Waals surface area contributed by atoms with Crippen molar-refractivity contribution in [2.45, 2.75) is 45.4 Å². The van der Waals surface area contributed by atoms with Crippen molar-refractivity contribution in [3.8, 4) is 27.9 Å². The lowest BCUT2D eigenvalue weighted by Gasteiger charge is -2.27. The Morgan fingerprint density at radius 3 is 2.22 bits per heavy atom. The Kier molecular flexibility index (Phi) is 6.75. The van der Waals surface area contributed by atoms with E-state index in [-0.39, 0.29) is 10.8 Å². The van der Waals surface area contributed by atoms with E-state index in [1.165, 1.54) is 92.0 Å². The fraction of sp³-hybridized carbons (Fsp3) is 0.127. The number of benzene rings is 8. The molecule has 0 atom stereocenters. The van der Waals surface area contributed by atoms with Gasteiger partial charge in [0.15, 0.2) is 7.28 Å². The highest BCUT2D eigenvalue weighted by molar-refractivity contribution is 7.25. The van der Waals surface area contributed by atoms with Crippen molar-refractivity contribution in [2.75, 3.05) is 5.32 Å². The minimum Gasteiger partial charge on any atom is -0.456 e. The molecular formula is C55H40BN2OS. The van der Waals surface area contributed by atoms with Crippen LogP contribution in [0, 0.1) is 0 Å². The number of para-hydroxylation sites is 1. The number of nitrogens with one attached hydrogen (secondary N) is 1. The third kappa shape index (κ3) is 4.67.